The molecule has 0 amide bonds. The van der Waals surface area contributed by atoms with Crippen molar-refractivity contribution in [2.24, 2.45) is 10.9 Å². The third kappa shape index (κ3) is 4.93. The maximum Gasteiger partial charge on any atom is 0.130 e. The van der Waals surface area contributed by atoms with Gasteiger partial charge in [0.25, 0.3) is 0 Å². The van der Waals surface area contributed by atoms with Crippen LogP contribution < -0.4 is 4.74 Å². The largest absolute Gasteiger partial charge is 0.457 e. The second-order valence-electron chi connectivity index (χ2n) is 7.82. The topological polar surface area (TPSA) is 34.1 Å². The smallest absolute Gasteiger partial charge is 0.130 e. The first-order valence-corrected chi connectivity index (χ1v) is 9.90. The average Bonchev–Trinajstić information content (AvgIpc) is 2.68. The van der Waals surface area contributed by atoms with Crippen LogP contribution in [0.5, 0.6) is 11.5 Å². The van der Waals surface area contributed by atoms with Crippen molar-refractivity contribution in [1.29, 1.82) is 0 Å². The lowest BCUT2D eigenvalue weighted by Gasteiger charge is -2.33. The van der Waals surface area contributed by atoms with Crippen LogP contribution in [0.3, 0.4) is 0 Å². The quantitative estimate of drug-likeness (QED) is 0.401. The summed E-state index contributed by atoms with van der Waals surface area (Å²) in [5, 5.41) is 0. The van der Waals surface area contributed by atoms with Crippen molar-refractivity contribution >= 4 is 12.0 Å². The summed E-state index contributed by atoms with van der Waals surface area (Å²) in [5.41, 5.74) is 3.86. The zero-order valence-electron chi connectivity index (χ0n) is 18.5. The molecule has 0 radical (unpaired) electrons. The van der Waals surface area contributed by atoms with Gasteiger partial charge in [-0.25, -0.2) is 4.99 Å². The molecule has 0 fully saturated rings. The highest BCUT2D eigenvalue weighted by Gasteiger charge is 2.30. The summed E-state index contributed by atoms with van der Waals surface area (Å²) < 4.78 is 12.1. The first-order valence-electron chi connectivity index (χ1n) is 9.90. The van der Waals surface area contributed by atoms with Crippen molar-refractivity contribution in [1.82, 2.24) is 4.90 Å². The van der Waals surface area contributed by atoms with Gasteiger partial charge in [0, 0.05) is 20.7 Å². The number of hydrogen-bond donors (Lipinski definition) is 0. The fraction of sp³-hybridized carbons (Fsp3) is 0.458. The van der Waals surface area contributed by atoms with E-state index in [-0.39, 0.29) is 5.60 Å². The van der Waals surface area contributed by atoms with Crippen LogP contribution in [0.1, 0.15) is 44.4 Å². The van der Waals surface area contributed by atoms with Gasteiger partial charge in [-0.05, 0) is 74.6 Å². The van der Waals surface area contributed by atoms with E-state index >= 15 is 0 Å². The Bertz CT molecular complexity index is 829. The minimum absolute atomic E-state index is 0.343. The van der Waals surface area contributed by atoms with Crippen LogP contribution in [0, 0.1) is 19.8 Å². The lowest BCUT2D eigenvalue weighted by atomic mass is 9.85. The first-order chi connectivity index (χ1) is 13.2. The van der Waals surface area contributed by atoms with Crippen LogP contribution in [0.4, 0.5) is 5.69 Å². The van der Waals surface area contributed by atoms with Gasteiger partial charge in [-0.1, -0.05) is 26.0 Å². The maximum atomic E-state index is 6.23. The minimum atomic E-state index is -0.353. The van der Waals surface area contributed by atoms with E-state index in [0.717, 1.165) is 40.4 Å². The Morgan fingerprint density at radius 2 is 1.86 bits per heavy atom. The number of ether oxygens (including phenoxy) is 2. The van der Waals surface area contributed by atoms with Gasteiger partial charge in [0.05, 0.1) is 17.6 Å². The molecule has 2 aromatic rings. The molecule has 0 bridgehead atoms. The van der Waals surface area contributed by atoms with Gasteiger partial charge in [-0.15, -0.1) is 0 Å². The fourth-order valence-electron chi connectivity index (χ4n) is 2.95. The predicted octanol–water partition coefficient (Wildman–Crippen LogP) is 6.22. The SMILES string of the molecule is CCN(C)/C=N/c1cc(C)c(Oc2cccc(C(C)(OC)C(C)C)c2)cc1C. The fourth-order valence-corrected chi connectivity index (χ4v) is 2.95. The van der Waals surface area contributed by atoms with E-state index < -0.39 is 0 Å². The molecule has 152 valence electrons. The zero-order valence-corrected chi connectivity index (χ0v) is 18.5. The molecule has 2 rings (SSSR count). The molecule has 0 saturated heterocycles. The Morgan fingerprint density at radius 1 is 1.14 bits per heavy atom. The third-order valence-corrected chi connectivity index (χ3v) is 5.55. The molecule has 4 heteroatoms. The van der Waals surface area contributed by atoms with Crippen molar-refractivity contribution in [2.45, 2.75) is 47.1 Å². The van der Waals surface area contributed by atoms with Crippen LogP contribution in [0.2, 0.25) is 0 Å². The van der Waals surface area contributed by atoms with Crippen molar-refractivity contribution in [3.63, 3.8) is 0 Å². The molecule has 0 aliphatic rings. The predicted molar refractivity (Wildman–Crippen MR) is 118 cm³/mol. The minimum Gasteiger partial charge on any atom is -0.457 e. The lowest BCUT2D eigenvalue weighted by molar-refractivity contribution is -0.0374. The Kier molecular flexibility index (Phi) is 7.25. The standard InChI is InChI=1S/C24H34N2O2/c1-9-26(7)16-25-22-13-19(5)23(14-18(22)4)28-21-12-10-11-20(15-21)24(6,27-8)17(2)3/h10-17H,9H2,1-8H3/b25-16+. The summed E-state index contributed by atoms with van der Waals surface area (Å²) in [6, 6.07) is 12.3. The van der Waals surface area contributed by atoms with E-state index in [2.05, 4.69) is 70.8 Å². The monoisotopic (exact) mass is 382 g/mol. The number of hydrogen-bond acceptors (Lipinski definition) is 3. The molecule has 2 aromatic carbocycles. The molecule has 1 unspecified atom stereocenters. The molecule has 28 heavy (non-hydrogen) atoms. The summed E-state index contributed by atoms with van der Waals surface area (Å²) >= 11 is 0. The highest BCUT2D eigenvalue weighted by molar-refractivity contribution is 5.64. The number of aryl methyl sites for hydroxylation is 2. The van der Waals surface area contributed by atoms with Gasteiger partial charge in [0.1, 0.15) is 11.5 Å². The summed E-state index contributed by atoms with van der Waals surface area (Å²) in [6.07, 6.45) is 1.86. The van der Waals surface area contributed by atoms with Crippen molar-refractivity contribution < 1.29 is 9.47 Å². The van der Waals surface area contributed by atoms with Crippen LogP contribution in [-0.4, -0.2) is 31.9 Å². The van der Waals surface area contributed by atoms with Crippen molar-refractivity contribution in [3.05, 3.63) is 53.1 Å². The maximum absolute atomic E-state index is 6.23. The Hall–Kier alpha value is -2.33. The average molecular weight is 383 g/mol. The van der Waals surface area contributed by atoms with Gasteiger partial charge >= 0.3 is 0 Å². The Balaban J connectivity index is 2.30. The van der Waals surface area contributed by atoms with Gasteiger partial charge in [0.2, 0.25) is 0 Å². The molecule has 0 aromatic heterocycles. The van der Waals surface area contributed by atoms with Gasteiger partial charge in [-0.3, -0.25) is 0 Å². The van der Waals surface area contributed by atoms with Crippen LogP contribution >= 0.6 is 0 Å². The van der Waals surface area contributed by atoms with Crippen LogP contribution in [0.25, 0.3) is 0 Å². The van der Waals surface area contributed by atoms with Crippen molar-refractivity contribution in [2.75, 3.05) is 20.7 Å². The molecular formula is C24H34N2O2. The lowest BCUT2D eigenvalue weighted by Crippen LogP contribution is -2.30. The number of methoxy groups -OCH3 is 1. The molecule has 1 atom stereocenters. The van der Waals surface area contributed by atoms with E-state index in [1.807, 2.05) is 30.4 Å². The molecule has 0 spiro atoms. The molecule has 0 aliphatic carbocycles. The van der Waals surface area contributed by atoms with E-state index in [1.165, 1.54) is 0 Å². The summed E-state index contributed by atoms with van der Waals surface area (Å²) in [4.78, 5) is 6.64. The molecule has 0 aliphatic heterocycles. The second-order valence-corrected chi connectivity index (χ2v) is 7.82. The molecule has 0 saturated carbocycles. The molecule has 0 heterocycles. The van der Waals surface area contributed by atoms with E-state index in [0.29, 0.717) is 5.92 Å². The van der Waals surface area contributed by atoms with E-state index in [4.69, 9.17) is 9.47 Å². The van der Waals surface area contributed by atoms with Crippen LogP contribution in [0.15, 0.2) is 41.4 Å². The van der Waals surface area contributed by atoms with Gasteiger partial charge < -0.3 is 14.4 Å². The van der Waals surface area contributed by atoms with E-state index in [9.17, 15) is 0 Å². The number of nitrogens with zero attached hydrogens (tertiary/aromatic N) is 2. The highest BCUT2D eigenvalue weighted by Crippen LogP contribution is 2.36. The summed E-state index contributed by atoms with van der Waals surface area (Å²) in [5.74, 6) is 2.00. The number of aliphatic imine (C=N–C) groups is 1. The number of rotatable bonds is 8. The highest BCUT2D eigenvalue weighted by atomic mass is 16.5. The number of benzene rings is 2. The Labute approximate surface area is 170 Å². The first kappa shape index (κ1) is 22.0. The Morgan fingerprint density at radius 3 is 2.46 bits per heavy atom. The summed E-state index contributed by atoms with van der Waals surface area (Å²) in [6.45, 7) is 13.6. The zero-order chi connectivity index (χ0) is 20.9. The second kappa shape index (κ2) is 9.24. The van der Waals surface area contributed by atoms with E-state index in [1.54, 1.807) is 7.11 Å². The van der Waals surface area contributed by atoms with Gasteiger partial charge in [0.15, 0.2) is 0 Å². The van der Waals surface area contributed by atoms with Crippen LogP contribution in [-0.2, 0) is 10.3 Å². The normalized spacial score (nSPS) is 13.8. The molecule has 4 nitrogen and oxygen atoms in total. The molecule has 0 N–H and O–H groups in total. The van der Waals surface area contributed by atoms with Crippen molar-refractivity contribution in [3.8, 4) is 11.5 Å². The van der Waals surface area contributed by atoms with Gasteiger partial charge in [-0.2, -0.15) is 0 Å². The summed E-state index contributed by atoms with van der Waals surface area (Å²) in [7, 11) is 3.78. The third-order valence-electron chi connectivity index (χ3n) is 5.55. The molecular weight excluding hydrogens is 348 g/mol.